The molecular formula is C19H17ClN2O6S. The van der Waals surface area contributed by atoms with Gasteiger partial charge in [0.15, 0.2) is 5.76 Å². The van der Waals surface area contributed by atoms with E-state index in [1.165, 1.54) is 37.5 Å². The first kappa shape index (κ1) is 20.8. The van der Waals surface area contributed by atoms with Crippen molar-refractivity contribution in [2.75, 3.05) is 7.11 Å². The Labute approximate surface area is 172 Å². The first-order valence-electron chi connectivity index (χ1n) is 8.34. The molecule has 2 heterocycles. The van der Waals surface area contributed by atoms with Crippen LogP contribution in [0.15, 0.2) is 67.7 Å². The highest BCUT2D eigenvalue weighted by molar-refractivity contribution is 7.89. The summed E-state index contributed by atoms with van der Waals surface area (Å²) in [6.07, 6.45) is 1.44. The molecule has 0 unspecified atom stereocenters. The van der Waals surface area contributed by atoms with Crippen molar-refractivity contribution in [1.29, 1.82) is 0 Å². The molecule has 0 amide bonds. The lowest BCUT2D eigenvalue weighted by molar-refractivity contribution is -0.135. The topological polar surface area (TPSA) is 118 Å². The minimum Gasteiger partial charge on any atom is -0.505 e. The number of aliphatic hydroxyl groups is 1. The fourth-order valence-electron chi connectivity index (χ4n) is 2.60. The number of benzene rings is 1. The Morgan fingerprint density at radius 2 is 1.97 bits per heavy atom. The quantitative estimate of drug-likeness (QED) is 0.671. The molecule has 0 saturated carbocycles. The van der Waals surface area contributed by atoms with Crippen LogP contribution in [0.1, 0.15) is 18.4 Å². The zero-order chi connectivity index (χ0) is 21.2. The molecule has 0 atom stereocenters. The number of carbonyl (C=O) groups excluding carboxylic acids is 1. The minimum atomic E-state index is -3.73. The van der Waals surface area contributed by atoms with Crippen molar-refractivity contribution in [2.24, 2.45) is 4.99 Å². The van der Waals surface area contributed by atoms with Gasteiger partial charge in [-0.15, -0.1) is 0 Å². The predicted molar refractivity (Wildman–Crippen MR) is 107 cm³/mol. The Morgan fingerprint density at radius 1 is 1.28 bits per heavy atom. The van der Waals surface area contributed by atoms with Gasteiger partial charge in [0.1, 0.15) is 22.8 Å². The largest absolute Gasteiger partial charge is 0.505 e. The number of esters is 1. The Morgan fingerprint density at radius 3 is 2.62 bits per heavy atom. The molecule has 0 fully saturated rings. The Kier molecular flexibility index (Phi) is 5.92. The molecule has 2 aromatic rings. The molecule has 0 radical (unpaired) electrons. The standard InChI is InChI=1S/C19H17ClN2O6S/c1-11-17(19(24)27-2)18(23)16(22-11)9-13-5-6-14(28-13)10-21-29(25,26)15-7-3-12(20)4-8-15/h3-9,21,23H,10H2,1-2H3. The molecule has 0 bridgehead atoms. The van der Waals surface area contributed by atoms with Crippen LogP contribution in [0.25, 0.3) is 6.08 Å². The number of furan rings is 1. The summed E-state index contributed by atoms with van der Waals surface area (Å²) in [4.78, 5) is 15.9. The first-order valence-corrected chi connectivity index (χ1v) is 10.2. The van der Waals surface area contributed by atoms with Crippen LogP contribution in [0.5, 0.6) is 0 Å². The second kappa shape index (κ2) is 8.24. The van der Waals surface area contributed by atoms with E-state index >= 15 is 0 Å². The van der Waals surface area contributed by atoms with Crippen molar-refractivity contribution in [2.45, 2.75) is 18.4 Å². The molecule has 1 aromatic heterocycles. The van der Waals surface area contributed by atoms with E-state index in [9.17, 15) is 18.3 Å². The van der Waals surface area contributed by atoms with E-state index in [1.54, 1.807) is 19.1 Å². The summed E-state index contributed by atoms with van der Waals surface area (Å²) in [7, 11) is -2.52. The number of nitrogens with one attached hydrogen (secondary N) is 1. The van der Waals surface area contributed by atoms with Gasteiger partial charge in [-0.1, -0.05) is 11.6 Å². The molecular weight excluding hydrogens is 420 g/mol. The number of rotatable bonds is 6. The third kappa shape index (κ3) is 4.58. The van der Waals surface area contributed by atoms with Gasteiger partial charge in [-0.3, -0.25) is 0 Å². The van der Waals surface area contributed by atoms with Gasteiger partial charge in [0.2, 0.25) is 10.0 Å². The minimum absolute atomic E-state index is 0.0127. The van der Waals surface area contributed by atoms with Crippen LogP contribution < -0.4 is 4.72 Å². The summed E-state index contributed by atoms with van der Waals surface area (Å²) in [6.45, 7) is 1.49. The smallest absolute Gasteiger partial charge is 0.343 e. The summed E-state index contributed by atoms with van der Waals surface area (Å²) in [6, 6.07) is 8.95. The monoisotopic (exact) mass is 436 g/mol. The number of hydrogen-bond acceptors (Lipinski definition) is 7. The number of carbonyl (C=O) groups is 1. The van der Waals surface area contributed by atoms with Gasteiger partial charge in [0, 0.05) is 11.1 Å². The van der Waals surface area contributed by atoms with Crippen molar-refractivity contribution < 1.29 is 27.5 Å². The van der Waals surface area contributed by atoms with Crippen LogP contribution in [0.2, 0.25) is 5.02 Å². The van der Waals surface area contributed by atoms with E-state index in [0.717, 1.165) is 0 Å². The van der Waals surface area contributed by atoms with Crippen LogP contribution >= 0.6 is 11.6 Å². The van der Waals surface area contributed by atoms with E-state index < -0.39 is 16.0 Å². The van der Waals surface area contributed by atoms with E-state index in [1.807, 2.05) is 0 Å². The highest BCUT2D eigenvalue weighted by Crippen LogP contribution is 2.26. The SMILES string of the molecule is COC(=O)C1=C(O)C(=Cc2ccc(CNS(=O)(=O)c3ccc(Cl)cc3)o2)N=C1C. The molecule has 3 rings (SSSR count). The molecule has 1 aliphatic heterocycles. The number of ether oxygens (including phenoxy) is 1. The second-order valence-corrected chi connectivity index (χ2v) is 8.23. The van der Waals surface area contributed by atoms with Crippen LogP contribution in [-0.4, -0.2) is 32.3 Å². The average molecular weight is 437 g/mol. The zero-order valence-electron chi connectivity index (χ0n) is 15.5. The number of aliphatic hydroxyl groups excluding tert-OH is 1. The van der Waals surface area contributed by atoms with Crippen molar-refractivity contribution in [3.63, 3.8) is 0 Å². The molecule has 8 nitrogen and oxygen atoms in total. The van der Waals surface area contributed by atoms with Gasteiger partial charge in [-0.05, 0) is 43.3 Å². The van der Waals surface area contributed by atoms with Crippen LogP contribution in [-0.2, 0) is 26.1 Å². The fourth-order valence-corrected chi connectivity index (χ4v) is 3.72. The predicted octanol–water partition coefficient (Wildman–Crippen LogP) is 3.21. The van der Waals surface area contributed by atoms with Gasteiger partial charge in [0.25, 0.3) is 0 Å². The van der Waals surface area contributed by atoms with Crippen LogP contribution in [0, 0.1) is 0 Å². The van der Waals surface area contributed by atoms with Gasteiger partial charge < -0.3 is 14.3 Å². The number of halogens is 1. The Hall–Kier alpha value is -2.88. The summed E-state index contributed by atoms with van der Waals surface area (Å²) >= 11 is 5.77. The molecule has 1 aromatic carbocycles. The average Bonchev–Trinajstić information content (AvgIpc) is 3.24. The number of methoxy groups -OCH3 is 1. The maximum atomic E-state index is 12.3. The van der Waals surface area contributed by atoms with E-state index in [0.29, 0.717) is 22.3 Å². The molecule has 1 aliphatic rings. The lowest BCUT2D eigenvalue weighted by atomic mass is 10.1. The maximum absolute atomic E-state index is 12.3. The summed E-state index contributed by atoms with van der Waals surface area (Å²) < 4.78 is 37.2. The lowest BCUT2D eigenvalue weighted by Gasteiger charge is -2.05. The van der Waals surface area contributed by atoms with E-state index in [-0.39, 0.29) is 28.5 Å². The highest BCUT2D eigenvalue weighted by atomic mass is 35.5. The molecule has 0 spiro atoms. The first-order chi connectivity index (χ1) is 13.7. The summed E-state index contributed by atoms with van der Waals surface area (Å²) in [5, 5.41) is 10.6. The fraction of sp³-hybridized carbons (Fsp3) is 0.158. The molecule has 0 aliphatic carbocycles. The van der Waals surface area contributed by atoms with E-state index in [2.05, 4.69) is 14.5 Å². The summed E-state index contributed by atoms with van der Waals surface area (Å²) in [5.41, 5.74) is 0.454. The van der Waals surface area contributed by atoms with Gasteiger partial charge >= 0.3 is 5.97 Å². The summed E-state index contributed by atoms with van der Waals surface area (Å²) in [5.74, 6) is -0.320. The van der Waals surface area contributed by atoms with Crippen molar-refractivity contribution in [3.8, 4) is 0 Å². The molecule has 29 heavy (non-hydrogen) atoms. The molecule has 0 saturated heterocycles. The van der Waals surface area contributed by atoms with Gasteiger partial charge in [-0.25, -0.2) is 22.9 Å². The number of aliphatic imine (C=N–C) groups is 1. The zero-order valence-corrected chi connectivity index (χ0v) is 17.0. The Balaban J connectivity index is 1.73. The Bertz CT molecular complexity index is 1140. The third-order valence-electron chi connectivity index (χ3n) is 4.04. The van der Waals surface area contributed by atoms with Gasteiger partial charge in [-0.2, -0.15) is 0 Å². The van der Waals surface area contributed by atoms with Crippen LogP contribution in [0.4, 0.5) is 0 Å². The number of hydrogen-bond donors (Lipinski definition) is 2. The van der Waals surface area contributed by atoms with Gasteiger partial charge in [0.05, 0.1) is 24.3 Å². The van der Waals surface area contributed by atoms with Crippen LogP contribution in [0.3, 0.4) is 0 Å². The third-order valence-corrected chi connectivity index (χ3v) is 5.71. The second-order valence-electron chi connectivity index (χ2n) is 6.02. The molecule has 10 heteroatoms. The highest BCUT2D eigenvalue weighted by Gasteiger charge is 2.27. The van der Waals surface area contributed by atoms with Crippen molar-refractivity contribution in [1.82, 2.24) is 4.72 Å². The maximum Gasteiger partial charge on any atom is 0.343 e. The van der Waals surface area contributed by atoms with Crippen molar-refractivity contribution >= 4 is 39.4 Å². The lowest BCUT2D eigenvalue weighted by Crippen LogP contribution is -2.22. The molecule has 2 N–H and O–H groups in total. The molecule has 152 valence electrons. The van der Waals surface area contributed by atoms with E-state index in [4.69, 9.17) is 16.0 Å². The normalized spacial score (nSPS) is 15.7. The number of nitrogens with zero attached hydrogens (tertiary/aromatic N) is 1. The van der Waals surface area contributed by atoms with Crippen molar-refractivity contribution in [3.05, 3.63) is 70.0 Å². The number of sulfonamides is 1.